The average molecular weight is 757 g/mol. The Morgan fingerprint density at radius 1 is 0.741 bits per heavy atom. The third-order valence-corrected chi connectivity index (χ3v) is 8.01. The van der Waals surface area contributed by atoms with Gasteiger partial charge in [-0.1, -0.05) is 24.3 Å². The van der Waals surface area contributed by atoms with Crippen molar-refractivity contribution in [1.29, 1.82) is 0 Å². The summed E-state index contributed by atoms with van der Waals surface area (Å²) in [4.78, 5) is 57.3. The molecular weight excluding hydrogens is 706 g/mol. The largest absolute Gasteiger partial charge is 1.00 e. The number of para-hydroxylation sites is 4. The number of hydrogen-bond acceptors (Lipinski definition) is 13. The molecule has 2 aromatic heterocycles. The number of amides is 2. The summed E-state index contributed by atoms with van der Waals surface area (Å²) in [7, 11) is 1.29. The minimum atomic E-state index is -0.761. The number of rotatable bonds is 6. The van der Waals surface area contributed by atoms with Gasteiger partial charge >= 0.3 is 37.0 Å². The van der Waals surface area contributed by atoms with E-state index >= 15 is 0 Å². The first kappa shape index (κ1) is 44.2. The van der Waals surface area contributed by atoms with Crippen molar-refractivity contribution in [3.8, 4) is 11.8 Å². The monoisotopic (exact) mass is 756 g/mol. The first-order chi connectivity index (χ1) is 24.6. The van der Waals surface area contributed by atoms with Gasteiger partial charge in [-0.2, -0.15) is 0 Å². The van der Waals surface area contributed by atoms with E-state index in [-0.39, 0.29) is 62.9 Å². The van der Waals surface area contributed by atoms with E-state index < -0.39 is 41.5 Å². The number of carbonyl (C=O) groups excluding carboxylic acids is 3. The second kappa shape index (κ2) is 18.9. The average Bonchev–Trinajstić information content (AvgIpc) is 3.71. The quantitative estimate of drug-likeness (QED) is 0.167. The molecule has 4 atom stereocenters. The number of hydrogen-bond donors (Lipinski definition) is 1. The Morgan fingerprint density at radius 3 is 1.61 bits per heavy atom. The van der Waals surface area contributed by atoms with Crippen LogP contribution in [-0.2, 0) is 19.0 Å². The fourth-order valence-electron chi connectivity index (χ4n) is 5.78. The topological polar surface area (TPSA) is 176 Å². The standard InChI is InChI=1S/C19H23N3O5.C18H23N3O4.Al.Li.4H/c1-19(2,3)27-18(24)22-11-12(9-15(22)17(23)25-4)26-16-10-20-13-7-5-6-8-14(13)21-16;1-18(2,3)25-17(23)21-10-13(8-12(21)11-22)24-16-9-19-14-6-4-5-7-15(14)20-16;;;;;;/h5-8,10,12,15H,9,11H2,1-4H3;4-7,9,12-13,22H,8,10-11H2,1-3H3;;;;;;/q;;;+1;;;;-1. The van der Waals surface area contributed by atoms with Crippen molar-refractivity contribution >= 4 is 57.6 Å². The summed E-state index contributed by atoms with van der Waals surface area (Å²) in [6.07, 6.45) is 2.22. The molecule has 54 heavy (non-hydrogen) atoms. The van der Waals surface area contributed by atoms with E-state index in [1.807, 2.05) is 69.3 Å². The van der Waals surface area contributed by atoms with Gasteiger partial charge < -0.3 is 30.2 Å². The number of nitrogens with zero attached hydrogens (tertiary/aromatic N) is 6. The summed E-state index contributed by atoms with van der Waals surface area (Å²) in [5.41, 5.74) is 1.77. The first-order valence-corrected chi connectivity index (χ1v) is 17.1. The van der Waals surface area contributed by atoms with E-state index in [2.05, 4.69) is 19.9 Å². The van der Waals surface area contributed by atoms with Crippen LogP contribution in [0.4, 0.5) is 9.59 Å². The molecule has 2 amide bonds. The predicted octanol–water partition coefficient (Wildman–Crippen LogP) is 0.871. The van der Waals surface area contributed by atoms with Crippen LogP contribution in [-0.4, -0.2) is 133 Å². The zero-order chi connectivity index (χ0) is 37.6. The first-order valence-electron chi connectivity index (χ1n) is 17.1. The molecular formula is C37H50AlLiN6O9. The zero-order valence-corrected chi connectivity index (χ0v) is 31.5. The second-order valence-corrected chi connectivity index (χ2v) is 14.5. The smallest absolute Gasteiger partial charge is 1.00 e. The van der Waals surface area contributed by atoms with Crippen LogP contribution >= 0.6 is 0 Å². The molecule has 4 unspecified atom stereocenters. The predicted molar refractivity (Wildman–Crippen MR) is 201 cm³/mol. The molecule has 1 N–H and O–H groups in total. The SMILES string of the molecule is CC(C)(C)OC(=O)N1CC(Oc2cnc3ccccc3n2)CC1CO.COC(=O)C1CC(Oc2cnc3ccccc3n2)CN1C(=O)OC(C)(C)C.[AlH3].[H-].[Li+]. The van der Waals surface area contributed by atoms with Crippen molar-refractivity contribution in [2.45, 2.75) is 89.9 Å². The summed E-state index contributed by atoms with van der Waals surface area (Å²) >= 11 is 0. The molecule has 6 rings (SSSR count). The molecule has 2 aromatic carbocycles. The summed E-state index contributed by atoms with van der Waals surface area (Å²) in [6, 6.07) is 13.9. The third-order valence-electron chi connectivity index (χ3n) is 8.01. The fourth-order valence-corrected chi connectivity index (χ4v) is 5.78. The van der Waals surface area contributed by atoms with Crippen molar-refractivity contribution in [1.82, 2.24) is 29.7 Å². The molecule has 17 heteroatoms. The van der Waals surface area contributed by atoms with Crippen LogP contribution in [0.5, 0.6) is 11.8 Å². The molecule has 286 valence electrons. The molecule has 0 spiro atoms. The van der Waals surface area contributed by atoms with Gasteiger partial charge in [0.05, 0.1) is 67.3 Å². The van der Waals surface area contributed by atoms with Crippen LogP contribution in [0.2, 0.25) is 0 Å². The Kier molecular flexibility index (Phi) is 15.5. The molecule has 2 aliphatic rings. The van der Waals surface area contributed by atoms with E-state index in [0.29, 0.717) is 36.7 Å². The van der Waals surface area contributed by atoms with Gasteiger partial charge in [0.1, 0.15) is 29.5 Å². The van der Waals surface area contributed by atoms with Crippen molar-refractivity contribution in [3.05, 3.63) is 60.9 Å². The van der Waals surface area contributed by atoms with Crippen LogP contribution in [0.1, 0.15) is 55.8 Å². The number of carbonyl (C=O) groups is 3. The van der Waals surface area contributed by atoms with E-state index in [1.165, 1.54) is 23.1 Å². The Labute approximate surface area is 338 Å². The molecule has 4 aromatic rings. The van der Waals surface area contributed by atoms with E-state index in [0.717, 1.165) is 16.6 Å². The van der Waals surface area contributed by atoms with Crippen LogP contribution in [0.3, 0.4) is 0 Å². The van der Waals surface area contributed by atoms with E-state index in [9.17, 15) is 19.5 Å². The van der Waals surface area contributed by atoms with Crippen molar-refractivity contribution in [2.24, 2.45) is 0 Å². The number of ether oxygens (including phenoxy) is 5. The molecule has 2 saturated heterocycles. The van der Waals surface area contributed by atoms with Gasteiger partial charge in [0.2, 0.25) is 11.8 Å². The van der Waals surface area contributed by atoms with E-state index in [1.54, 1.807) is 27.0 Å². The molecule has 2 aliphatic heterocycles. The van der Waals surface area contributed by atoms with Crippen LogP contribution in [0.25, 0.3) is 22.1 Å². The van der Waals surface area contributed by atoms with Crippen molar-refractivity contribution < 1.29 is 63.5 Å². The maximum Gasteiger partial charge on any atom is 1.00 e. The van der Waals surface area contributed by atoms with Crippen molar-refractivity contribution in [3.63, 3.8) is 0 Å². The number of aromatic nitrogens is 4. The molecule has 0 aliphatic carbocycles. The maximum absolute atomic E-state index is 12.5. The van der Waals surface area contributed by atoms with Gasteiger partial charge in [-0.15, -0.1) is 0 Å². The molecule has 0 bridgehead atoms. The van der Waals surface area contributed by atoms with Gasteiger partial charge in [0.25, 0.3) is 0 Å². The molecule has 0 saturated carbocycles. The number of benzene rings is 2. The minimum Gasteiger partial charge on any atom is -1.00 e. The summed E-state index contributed by atoms with van der Waals surface area (Å²) in [6.45, 7) is 11.2. The zero-order valence-electron chi connectivity index (χ0n) is 32.5. The number of fused-ring (bicyclic) bond motifs is 2. The normalized spacial score (nSPS) is 19.5. The van der Waals surface area contributed by atoms with Crippen LogP contribution in [0.15, 0.2) is 60.9 Å². The van der Waals surface area contributed by atoms with Gasteiger partial charge in [0, 0.05) is 12.8 Å². The molecule has 2 fully saturated rings. The van der Waals surface area contributed by atoms with Gasteiger partial charge in [-0.3, -0.25) is 9.80 Å². The summed E-state index contributed by atoms with van der Waals surface area (Å²) in [5.74, 6) is 0.247. The Balaban J connectivity index is 0.000000361. The number of methoxy groups -OCH3 is 1. The number of aliphatic hydroxyl groups excluding tert-OH is 1. The van der Waals surface area contributed by atoms with E-state index in [4.69, 9.17) is 23.7 Å². The minimum absolute atomic E-state index is 0. The third kappa shape index (κ3) is 11.9. The second-order valence-electron chi connectivity index (χ2n) is 14.5. The molecule has 15 nitrogen and oxygen atoms in total. The van der Waals surface area contributed by atoms with Gasteiger partial charge in [-0.05, 0) is 65.8 Å². The Morgan fingerprint density at radius 2 is 1.17 bits per heavy atom. The number of likely N-dealkylation sites (tertiary alicyclic amines) is 2. The maximum atomic E-state index is 12.5. The fraction of sp³-hybridized carbons (Fsp3) is 0.486. The van der Waals surface area contributed by atoms with Crippen LogP contribution < -0.4 is 28.3 Å². The summed E-state index contributed by atoms with van der Waals surface area (Å²) < 4.78 is 27.4. The van der Waals surface area contributed by atoms with Crippen molar-refractivity contribution in [2.75, 3.05) is 26.8 Å². The number of aliphatic hydroxyl groups is 1. The number of esters is 1. The molecule has 4 heterocycles. The van der Waals surface area contributed by atoms with Gasteiger partial charge in [0.15, 0.2) is 17.4 Å². The Hall–Kier alpha value is -4.18. The summed E-state index contributed by atoms with van der Waals surface area (Å²) in [5, 5.41) is 9.58. The van der Waals surface area contributed by atoms with Gasteiger partial charge in [-0.25, -0.2) is 34.3 Å². The van der Waals surface area contributed by atoms with Crippen LogP contribution in [0, 0.1) is 0 Å². The molecule has 0 radical (unpaired) electrons. The Bertz CT molecular complexity index is 1900.